The SMILES string of the molecule is COCC(C)N(C)c1ccc(Cl)cc1C=O. The predicted molar refractivity (Wildman–Crippen MR) is 66.6 cm³/mol. The number of rotatable bonds is 5. The molecule has 0 fully saturated rings. The lowest BCUT2D eigenvalue weighted by Crippen LogP contribution is -2.33. The topological polar surface area (TPSA) is 29.5 Å². The van der Waals surface area contributed by atoms with Crippen molar-refractivity contribution in [1.29, 1.82) is 0 Å². The van der Waals surface area contributed by atoms with Gasteiger partial charge in [0.2, 0.25) is 0 Å². The van der Waals surface area contributed by atoms with Crippen molar-refractivity contribution >= 4 is 23.6 Å². The summed E-state index contributed by atoms with van der Waals surface area (Å²) in [7, 11) is 3.59. The number of aldehydes is 1. The summed E-state index contributed by atoms with van der Waals surface area (Å²) in [6, 6.07) is 5.49. The van der Waals surface area contributed by atoms with Crippen LogP contribution in [0.4, 0.5) is 5.69 Å². The van der Waals surface area contributed by atoms with Crippen molar-refractivity contribution in [2.75, 3.05) is 25.7 Å². The number of hydrogen-bond acceptors (Lipinski definition) is 3. The molecule has 0 saturated heterocycles. The number of halogens is 1. The molecule has 88 valence electrons. The van der Waals surface area contributed by atoms with E-state index in [4.69, 9.17) is 16.3 Å². The number of nitrogens with zero attached hydrogens (tertiary/aromatic N) is 1. The van der Waals surface area contributed by atoms with E-state index in [1.807, 2.05) is 24.9 Å². The summed E-state index contributed by atoms with van der Waals surface area (Å²) in [5.41, 5.74) is 1.46. The standard InChI is InChI=1S/C12H16ClNO2/c1-9(8-16-3)14(2)12-5-4-11(13)6-10(12)7-15/h4-7,9H,8H2,1-3H3. The van der Waals surface area contributed by atoms with Gasteiger partial charge < -0.3 is 9.64 Å². The normalized spacial score (nSPS) is 12.2. The first-order valence-corrected chi connectivity index (χ1v) is 5.44. The van der Waals surface area contributed by atoms with E-state index in [1.165, 1.54) is 0 Å². The summed E-state index contributed by atoms with van der Waals surface area (Å²) >= 11 is 5.84. The molecule has 1 aromatic rings. The molecule has 0 aliphatic heterocycles. The second-order valence-electron chi connectivity index (χ2n) is 3.74. The third kappa shape index (κ3) is 2.97. The lowest BCUT2D eigenvalue weighted by Gasteiger charge is -2.27. The molecule has 1 rings (SSSR count). The van der Waals surface area contributed by atoms with Crippen LogP contribution in [-0.4, -0.2) is 33.1 Å². The first-order chi connectivity index (χ1) is 7.60. The molecule has 1 unspecified atom stereocenters. The van der Waals surface area contributed by atoms with Crippen LogP contribution in [0.25, 0.3) is 0 Å². The number of carbonyl (C=O) groups excluding carboxylic acids is 1. The molecule has 1 aromatic carbocycles. The first kappa shape index (κ1) is 13.0. The van der Waals surface area contributed by atoms with Crippen molar-refractivity contribution in [1.82, 2.24) is 0 Å². The highest BCUT2D eigenvalue weighted by Gasteiger charge is 2.13. The number of carbonyl (C=O) groups is 1. The summed E-state index contributed by atoms with van der Waals surface area (Å²) < 4.78 is 5.09. The van der Waals surface area contributed by atoms with Gasteiger partial charge in [-0.2, -0.15) is 0 Å². The van der Waals surface area contributed by atoms with E-state index in [0.717, 1.165) is 12.0 Å². The van der Waals surface area contributed by atoms with E-state index in [0.29, 0.717) is 17.2 Å². The number of anilines is 1. The van der Waals surface area contributed by atoms with Gasteiger partial charge in [-0.05, 0) is 25.1 Å². The Morgan fingerprint density at radius 3 is 2.81 bits per heavy atom. The highest BCUT2D eigenvalue weighted by molar-refractivity contribution is 6.31. The molecule has 1 atom stereocenters. The second kappa shape index (κ2) is 5.87. The van der Waals surface area contributed by atoms with E-state index in [9.17, 15) is 4.79 Å². The van der Waals surface area contributed by atoms with Crippen LogP contribution in [-0.2, 0) is 4.74 Å². The first-order valence-electron chi connectivity index (χ1n) is 5.06. The van der Waals surface area contributed by atoms with Gasteiger partial charge in [-0.15, -0.1) is 0 Å². The Bertz CT molecular complexity index is 368. The molecule has 3 nitrogen and oxygen atoms in total. The van der Waals surface area contributed by atoms with Gasteiger partial charge in [-0.25, -0.2) is 0 Å². The van der Waals surface area contributed by atoms with Crippen molar-refractivity contribution in [3.63, 3.8) is 0 Å². The Morgan fingerprint density at radius 1 is 1.56 bits per heavy atom. The molecule has 0 amide bonds. The fraction of sp³-hybridized carbons (Fsp3) is 0.417. The number of methoxy groups -OCH3 is 1. The third-order valence-corrected chi connectivity index (χ3v) is 2.80. The molecule has 0 aliphatic rings. The van der Waals surface area contributed by atoms with E-state index < -0.39 is 0 Å². The van der Waals surface area contributed by atoms with E-state index in [-0.39, 0.29) is 6.04 Å². The van der Waals surface area contributed by atoms with Crippen LogP contribution in [0.1, 0.15) is 17.3 Å². The largest absolute Gasteiger partial charge is 0.383 e. The molecule has 0 spiro atoms. The summed E-state index contributed by atoms with van der Waals surface area (Å²) in [6.45, 7) is 2.64. The van der Waals surface area contributed by atoms with Crippen molar-refractivity contribution in [3.05, 3.63) is 28.8 Å². The van der Waals surface area contributed by atoms with Crippen LogP contribution in [0.5, 0.6) is 0 Å². The minimum absolute atomic E-state index is 0.199. The lowest BCUT2D eigenvalue weighted by molar-refractivity contribution is 0.112. The zero-order valence-corrected chi connectivity index (χ0v) is 10.5. The van der Waals surface area contributed by atoms with Gasteiger partial charge in [0.15, 0.2) is 6.29 Å². The minimum Gasteiger partial charge on any atom is -0.383 e. The molecular formula is C12H16ClNO2. The number of ether oxygens (including phenoxy) is 1. The Hall–Kier alpha value is -1.06. The summed E-state index contributed by atoms with van der Waals surface area (Å²) in [6.07, 6.45) is 0.817. The quantitative estimate of drug-likeness (QED) is 0.743. The molecule has 4 heteroatoms. The number of likely N-dealkylation sites (N-methyl/N-ethyl adjacent to an activating group) is 1. The highest BCUT2D eigenvalue weighted by Crippen LogP contribution is 2.23. The van der Waals surface area contributed by atoms with E-state index >= 15 is 0 Å². The zero-order chi connectivity index (χ0) is 12.1. The Kier molecular flexibility index (Phi) is 4.77. The van der Waals surface area contributed by atoms with Crippen LogP contribution in [0.3, 0.4) is 0 Å². The smallest absolute Gasteiger partial charge is 0.152 e. The van der Waals surface area contributed by atoms with Crippen LogP contribution in [0.15, 0.2) is 18.2 Å². The second-order valence-corrected chi connectivity index (χ2v) is 4.17. The van der Waals surface area contributed by atoms with Crippen molar-refractivity contribution < 1.29 is 9.53 Å². The lowest BCUT2D eigenvalue weighted by atomic mass is 10.1. The predicted octanol–water partition coefficient (Wildman–Crippen LogP) is 2.62. The minimum atomic E-state index is 0.199. The molecular weight excluding hydrogens is 226 g/mol. The maximum absolute atomic E-state index is 10.9. The highest BCUT2D eigenvalue weighted by atomic mass is 35.5. The fourth-order valence-electron chi connectivity index (χ4n) is 1.53. The van der Waals surface area contributed by atoms with Crippen molar-refractivity contribution in [2.24, 2.45) is 0 Å². The monoisotopic (exact) mass is 241 g/mol. The molecule has 0 radical (unpaired) electrons. The van der Waals surface area contributed by atoms with Crippen LogP contribution < -0.4 is 4.90 Å². The Labute approximate surface area is 101 Å². The molecule has 0 bridgehead atoms. The van der Waals surface area contributed by atoms with Gasteiger partial charge in [0, 0.05) is 36.5 Å². The molecule has 16 heavy (non-hydrogen) atoms. The van der Waals surface area contributed by atoms with Gasteiger partial charge >= 0.3 is 0 Å². The summed E-state index contributed by atoms with van der Waals surface area (Å²) in [5, 5.41) is 0.568. The van der Waals surface area contributed by atoms with Gasteiger partial charge in [0.05, 0.1) is 6.61 Å². The van der Waals surface area contributed by atoms with Gasteiger partial charge in [-0.1, -0.05) is 11.6 Å². The number of hydrogen-bond donors (Lipinski definition) is 0. The van der Waals surface area contributed by atoms with Crippen LogP contribution >= 0.6 is 11.6 Å². The maximum atomic E-state index is 10.9. The van der Waals surface area contributed by atoms with Crippen molar-refractivity contribution in [3.8, 4) is 0 Å². The molecule has 0 heterocycles. The summed E-state index contributed by atoms with van der Waals surface area (Å²) in [5.74, 6) is 0. The van der Waals surface area contributed by atoms with Gasteiger partial charge in [0.25, 0.3) is 0 Å². The molecule has 0 aromatic heterocycles. The third-order valence-electron chi connectivity index (χ3n) is 2.57. The van der Waals surface area contributed by atoms with Crippen LogP contribution in [0, 0.1) is 0 Å². The summed E-state index contributed by atoms with van der Waals surface area (Å²) in [4.78, 5) is 13.0. The maximum Gasteiger partial charge on any atom is 0.152 e. The van der Waals surface area contributed by atoms with E-state index in [1.54, 1.807) is 19.2 Å². The van der Waals surface area contributed by atoms with Gasteiger partial charge in [0.1, 0.15) is 0 Å². The Morgan fingerprint density at radius 2 is 2.25 bits per heavy atom. The number of benzene rings is 1. The Balaban J connectivity index is 2.98. The van der Waals surface area contributed by atoms with E-state index in [2.05, 4.69) is 0 Å². The molecule has 0 aliphatic carbocycles. The molecule has 0 N–H and O–H groups in total. The molecule has 0 saturated carbocycles. The average molecular weight is 242 g/mol. The van der Waals surface area contributed by atoms with Crippen molar-refractivity contribution in [2.45, 2.75) is 13.0 Å². The van der Waals surface area contributed by atoms with Gasteiger partial charge in [-0.3, -0.25) is 4.79 Å². The van der Waals surface area contributed by atoms with Crippen LogP contribution in [0.2, 0.25) is 5.02 Å². The zero-order valence-electron chi connectivity index (χ0n) is 9.74. The average Bonchev–Trinajstić information content (AvgIpc) is 2.28. The fourth-order valence-corrected chi connectivity index (χ4v) is 1.71.